The fourth-order valence-electron chi connectivity index (χ4n) is 3.58. The molecule has 152 valence electrons. The van der Waals surface area contributed by atoms with Crippen LogP contribution in [0.5, 0.6) is 0 Å². The monoisotopic (exact) mass is 413 g/mol. The summed E-state index contributed by atoms with van der Waals surface area (Å²) in [5, 5.41) is 10.3. The number of aromatic nitrogens is 1. The molecule has 0 bridgehead atoms. The Morgan fingerprint density at radius 2 is 1.90 bits per heavy atom. The summed E-state index contributed by atoms with van der Waals surface area (Å²) in [4.78, 5) is 30.4. The first-order valence-electron chi connectivity index (χ1n) is 9.58. The van der Waals surface area contributed by atoms with Gasteiger partial charge < -0.3 is 13.3 Å². The molecule has 0 unspecified atom stereocenters. The predicted octanol–water partition coefficient (Wildman–Crippen LogP) is 4.45. The number of nitriles is 1. The highest BCUT2D eigenvalue weighted by atomic mass is 16.4. The van der Waals surface area contributed by atoms with Crippen molar-refractivity contribution in [3.8, 4) is 17.7 Å². The first-order chi connectivity index (χ1) is 15.0. The molecule has 1 aliphatic heterocycles. The lowest BCUT2D eigenvalue weighted by atomic mass is 9.95. The zero-order valence-electron chi connectivity index (χ0n) is 16.6. The summed E-state index contributed by atoms with van der Waals surface area (Å²) < 4.78 is 17.3. The standard InChI is InChI=1S/C23H15N3O5/c1-3-26-22(27)15(12(2)16(11-24)23(26)28)9-14-10-19-20(29-14)25-21(31-19)18-8-13-6-4-5-7-17(13)30-18/h4-10H,3H2,1-2H3/b15-9-. The lowest BCUT2D eigenvalue weighted by Crippen LogP contribution is -2.42. The van der Waals surface area contributed by atoms with E-state index in [9.17, 15) is 14.9 Å². The highest BCUT2D eigenvalue weighted by molar-refractivity contribution is 6.19. The Bertz CT molecular complexity index is 1420. The molecule has 0 saturated carbocycles. The van der Waals surface area contributed by atoms with Gasteiger partial charge in [-0.05, 0) is 37.6 Å². The van der Waals surface area contributed by atoms with Gasteiger partial charge in [-0.15, -0.1) is 0 Å². The molecule has 3 aromatic heterocycles. The van der Waals surface area contributed by atoms with Crippen LogP contribution in [0, 0.1) is 11.3 Å². The molecule has 0 N–H and O–H groups in total. The second kappa shape index (κ2) is 6.85. The number of carbonyl (C=O) groups excluding carboxylic acids is 2. The molecule has 0 fully saturated rings. The van der Waals surface area contributed by atoms with Gasteiger partial charge in [0.05, 0.1) is 0 Å². The van der Waals surface area contributed by atoms with Crippen LogP contribution in [0.2, 0.25) is 0 Å². The molecule has 8 nitrogen and oxygen atoms in total. The van der Waals surface area contributed by atoms with Crippen LogP contribution in [0.1, 0.15) is 19.6 Å². The smallest absolute Gasteiger partial charge is 0.271 e. The van der Waals surface area contributed by atoms with Gasteiger partial charge in [0.15, 0.2) is 11.3 Å². The highest BCUT2D eigenvalue weighted by Gasteiger charge is 2.34. The van der Waals surface area contributed by atoms with Gasteiger partial charge in [0, 0.05) is 23.6 Å². The van der Waals surface area contributed by atoms with Gasteiger partial charge in [-0.2, -0.15) is 10.2 Å². The summed E-state index contributed by atoms with van der Waals surface area (Å²) in [6, 6.07) is 12.9. The van der Waals surface area contributed by atoms with Crippen molar-refractivity contribution in [2.24, 2.45) is 0 Å². The molecule has 4 heterocycles. The first-order valence-corrected chi connectivity index (χ1v) is 9.58. The van der Waals surface area contributed by atoms with E-state index < -0.39 is 11.8 Å². The van der Waals surface area contributed by atoms with Crippen LogP contribution in [-0.4, -0.2) is 28.2 Å². The molecule has 1 aromatic carbocycles. The minimum atomic E-state index is -0.588. The minimum Gasteiger partial charge on any atom is -0.451 e. The van der Waals surface area contributed by atoms with Crippen molar-refractivity contribution >= 4 is 40.2 Å². The number of benzene rings is 1. The third kappa shape index (κ3) is 2.87. The lowest BCUT2D eigenvalue weighted by Gasteiger charge is -2.25. The van der Waals surface area contributed by atoms with Gasteiger partial charge in [0.25, 0.3) is 23.4 Å². The number of hydrogen-bond donors (Lipinski definition) is 0. The third-order valence-electron chi connectivity index (χ3n) is 5.17. The molecule has 5 rings (SSSR count). The van der Waals surface area contributed by atoms with E-state index in [4.69, 9.17) is 13.3 Å². The van der Waals surface area contributed by atoms with Gasteiger partial charge in [0.1, 0.15) is 23.0 Å². The molecule has 1 aliphatic rings. The Kier molecular flexibility index (Phi) is 4.12. The maximum absolute atomic E-state index is 12.7. The Morgan fingerprint density at radius 3 is 2.61 bits per heavy atom. The number of imide groups is 1. The first kappa shape index (κ1) is 18.6. The van der Waals surface area contributed by atoms with Crippen LogP contribution < -0.4 is 0 Å². The second-order valence-corrected chi connectivity index (χ2v) is 7.01. The lowest BCUT2D eigenvalue weighted by molar-refractivity contribution is -0.140. The van der Waals surface area contributed by atoms with Crippen LogP contribution in [0.3, 0.4) is 0 Å². The molecule has 4 aromatic rings. The number of furan rings is 2. The molecule has 0 atom stereocenters. The Labute approximate surface area is 175 Å². The predicted molar refractivity (Wildman–Crippen MR) is 110 cm³/mol. The summed E-state index contributed by atoms with van der Waals surface area (Å²) in [6.45, 7) is 3.40. The Hall–Kier alpha value is -4.38. The summed E-state index contributed by atoms with van der Waals surface area (Å²) in [5.41, 5.74) is 1.82. The van der Waals surface area contributed by atoms with E-state index in [0.29, 0.717) is 22.7 Å². The maximum Gasteiger partial charge on any atom is 0.271 e. The highest BCUT2D eigenvalue weighted by Crippen LogP contribution is 2.32. The molecule has 0 radical (unpaired) electrons. The second-order valence-electron chi connectivity index (χ2n) is 7.01. The summed E-state index contributed by atoms with van der Waals surface area (Å²) in [6.07, 6.45) is 1.49. The van der Waals surface area contributed by atoms with Gasteiger partial charge >= 0.3 is 0 Å². The van der Waals surface area contributed by atoms with Crippen LogP contribution in [0.15, 0.2) is 66.4 Å². The number of amides is 2. The molecular formula is C23H15N3O5. The largest absolute Gasteiger partial charge is 0.451 e. The summed E-state index contributed by atoms with van der Waals surface area (Å²) >= 11 is 0. The maximum atomic E-state index is 12.7. The Morgan fingerprint density at radius 1 is 1.10 bits per heavy atom. The number of para-hydroxylation sites is 1. The van der Waals surface area contributed by atoms with Crippen molar-refractivity contribution in [2.45, 2.75) is 13.8 Å². The zero-order valence-corrected chi connectivity index (χ0v) is 16.6. The molecule has 0 aliphatic carbocycles. The molecular weight excluding hydrogens is 398 g/mol. The molecule has 0 spiro atoms. The molecule has 0 saturated heterocycles. The van der Waals surface area contributed by atoms with Gasteiger partial charge in [-0.3, -0.25) is 14.5 Å². The average molecular weight is 413 g/mol. The molecule has 2 amide bonds. The topological polar surface area (TPSA) is 113 Å². The average Bonchev–Trinajstić information content (AvgIpc) is 3.44. The van der Waals surface area contributed by atoms with Gasteiger partial charge in [-0.25, -0.2) is 0 Å². The zero-order chi connectivity index (χ0) is 21.7. The normalized spacial score (nSPS) is 16.2. The van der Waals surface area contributed by atoms with Crippen LogP contribution in [-0.2, 0) is 9.59 Å². The van der Waals surface area contributed by atoms with E-state index in [0.717, 1.165) is 15.9 Å². The third-order valence-corrected chi connectivity index (χ3v) is 5.17. The minimum absolute atomic E-state index is 0.0618. The van der Waals surface area contributed by atoms with Gasteiger partial charge in [0.2, 0.25) is 0 Å². The number of likely N-dealkylation sites (N-methyl/N-ethyl adjacent to an activating group) is 1. The Balaban J connectivity index is 1.54. The number of oxazole rings is 1. The summed E-state index contributed by atoms with van der Waals surface area (Å²) in [5.74, 6) is 0.0127. The molecule has 8 heteroatoms. The van der Waals surface area contributed by atoms with E-state index >= 15 is 0 Å². The SMILES string of the molecule is CCN1C(=O)C(C#N)=C(C)/C(=C/c2cc3oc(-c4cc5ccccc5o4)nc3o2)C1=O. The van der Waals surface area contributed by atoms with E-state index in [2.05, 4.69) is 4.98 Å². The van der Waals surface area contributed by atoms with Crippen molar-refractivity contribution < 1.29 is 22.8 Å². The summed E-state index contributed by atoms with van der Waals surface area (Å²) in [7, 11) is 0. The van der Waals surface area contributed by atoms with Crippen molar-refractivity contribution in [2.75, 3.05) is 6.54 Å². The van der Waals surface area contributed by atoms with Crippen molar-refractivity contribution in [1.82, 2.24) is 9.88 Å². The van der Waals surface area contributed by atoms with Crippen molar-refractivity contribution in [3.05, 3.63) is 58.9 Å². The van der Waals surface area contributed by atoms with Crippen molar-refractivity contribution in [1.29, 1.82) is 5.26 Å². The quantitative estimate of drug-likeness (QED) is 0.360. The van der Waals surface area contributed by atoms with E-state index in [1.54, 1.807) is 19.9 Å². The number of fused-ring (bicyclic) bond motifs is 2. The number of carbonyl (C=O) groups is 2. The van der Waals surface area contributed by atoms with Crippen LogP contribution >= 0.6 is 0 Å². The van der Waals surface area contributed by atoms with E-state index in [1.165, 1.54) is 6.08 Å². The number of hydrogen-bond acceptors (Lipinski definition) is 7. The van der Waals surface area contributed by atoms with Crippen LogP contribution in [0.25, 0.3) is 40.0 Å². The van der Waals surface area contributed by atoms with Crippen LogP contribution in [0.4, 0.5) is 0 Å². The fraction of sp³-hybridized carbons (Fsp3) is 0.130. The van der Waals surface area contributed by atoms with E-state index in [1.807, 2.05) is 36.4 Å². The number of nitrogens with zero attached hydrogens (tertiary/aromatic N) is 3. The van der Waals surface area contributed by atoms with Crippen molar-refractivity contribution in [3.63, 3.8) is 0 Å². The van der Waals surface area contributed by atoms with Gasteiger partial charge in [-0.1, -0.05) is 18.2 Å². The van der Waals surface area contributed by atoms with E-state index in [-0.39, 0.29) is 29.3 Å². The molecule has 31 heavy (non-hydrogen) atoms. The number of rotatable bonds is 3. The fourth-order valence-corrected chi connectivity index (χ4v) is 3.58.